The first kappa shape index (κ1) is 8.58. The van der Waals surface area contributed by atoms with Gasteiger partial charge in [-0.3, -0.25) is 0 Å². The van der Waals surface area contributed by atoms with Gasteiger partial charge in [-0.05, 0) is 0 Å². The van der Waals surface area contributed by atoms with Gasteiger partial charge < -0.3 is 0 Å². The molecule has 0 bridgehead atoms. The lowest BCUT2D eigenvalue weighted by Gasteiger charge is -1.99. The largest absolute Gasteiger partial charge is 0.230 e. The molecule has 2 N–H and O–H groups in total. The van der Waals surface area contributed by atoms with E-state index in [9.17, 15) is 0 Å². The van der Waals surface area contributed by atoms with Gasteiger partial charge in [-0.25, -0.2) is 11.0 Å². The molecule has 0 rings (SSSR count). The number of rotatable bonds is 3. The molecule has 0 aromatic carbocycles. The van der Waals surface area contributed by atoms with E-state index in [1.54, 1.807) is 7.05 Å². The van der Waals surface area contributed by atoms with Crippen molar-refractivity contribution in [3.8, 4) is 0 Å². The highest BCUT2D eigenvalue weighted by atomic mass is 79.9. The topological polar surface area (TPSA) is 54.0 Å². The molecule has 0 aromatic heterocycles. The fourth-order valence-electron chi connectivity index (χ4n) is 0.161. The average Bonchev–Trinajstić information content (AvgIpc) is 1.83. The van der Waals surface area contributed by atoms with Gasteiger partial charge in [0.2, 0.25) is 0 Å². The van der Waals surface area contributed by atoms with Crippen LogP contribution in [0, 0.1) is 0 Å². The maximum Gasteiger partial charge on any atom is 0.0682 e. The molecule has 9 heavy (non-hydrogen) atoms. The summed E-state index contributed by atoms with van der Waals surface area (Å²) in [6.45, 7) is 3.56. The maximum atomic E-state index is 5.11. The molecule has 0 amide bonds. The van der Waals surface area contributed by atoms with Crippen molar-refractivity contribution in [3.63, 3.8) is 0 Å². The second kappa shape index (κ2) is 4.46. The van der Waals surface area contributed by atoms with E-state index in [2.05, 4.69) is 32.8 Å². The zero-order chi connectivity index (χ0) is 7.28. The van der Waals surface area contributed by atoms with Crippen molar-refractivity contribution in [2.75, 3.05) is 12.4 Å². The van der Waals surface area contributed by atoms with Crippen molar-refractivity contribution in [2.24, 2.45) is 16.2 Å². The fraction of sp³-hybridized carbons (Fsp3) is 0.500. The van der Waals surface area contributed by atoms with E-state index in [0.29, 0.717) is 11.0 Å². The van der Waals surface area contributed by atoms with Gasteiger partial charge in [0, 0.05) is 12.4 Å². The van der Waals surface area contributed by atoms with Gasteiger partial charge in [0.05, 0.1) is 5.70 Å². The number of hydrogen-bond donors (Lipinski definition) is 1. The molecule has 0 radical (unpaired) electrons. The molecule has 0 saturated carbocycles. The van der Waals surface area contributed by atoms with Gasteiger partial charge in [0.1, 0.15) is 0 Å². The summed E-state index contributed by atoms with van der Waals surface area (Å²) >= 11 is 3.15. The molecule has 52 valence electrons. The summed E-state index contributed by atoms with van der Waals surface area (Å²) in [7, 11) is 1.59. The molecule has 0 aliphatic heterocycles. The lowest BCUT2D eigenvalue weighted by Crippen LogP contribution is -2.17. The molecule has 0 fully saturated rings. The third-order valence-electron chi connectivity index (χ3n) is 0.481. The Balaban J connectivity index is 3.57. The summed E-state index contributed by atoms with van der Waals surface area (Å²) in [6.07, 6.45) is 0. The zero-order valence-corrected chi connectivity index (χ0v) is 6.80. The summed E-state index contributed by atoms with van der Waals surface area (Å²) < 4.78 is 0. The molecule has 0 heterocycles. The van der Waals surface area contributed by atoms with Crippen LogP contribution in [0.4, 0.5) is 0 Å². The Morgan fingerprint density at radius 3 is 2.78 bits per heavy atom. The molecular weight excluding hydrogens is 184 g/mol. The second-order valence-corrected chi connectivity index (χ2v) is 2.02. The van der Waals surface area contributed by atoms with Crippen LogP contribution in [0.3, 0.4) is 0 Å². The summed E-state index contributed by atoms with van der Waals surface area (Å²) in [5.74, 6) is 5.11. The van der Waals surface area contributed by atoms with Gasteiger partial charge in [-0.15, -0.1) is 5.11 Å². The minimum absolute atomic E-state index is 0.615. The van der Waals surface area contributed by atoms with Gasteiger partial charge in [0.15, 0.2) is 0 Å². The van der Waals surface area contributed by atoms with E-state index < -0.39 is 0 Å². The quantitative estimate of drug-likeness (QED) is 0.315. The lowest BCUT2D eigenvalue weighted by atomic mass is 10.6. The van der Waals surface area contributed by atoms with Crippen LogP contribution in [0.15, 0.2) is 22.6 Å². The first-order valence-electron chi connectivity index (χ1n) is 2.30. The van der Waals surface area contributed by atoms with Crippen LogP contribution in [0.5, 0.6) is 0 Å². The fourth-order valence-corrected chi connectivity index (χ4v) is 0.273. The monoisotopic (exact) mass is 192 g/mol. The number of nitrogens with two attached hydrogens (primary N) is 1. The van der Waals surface area contributed by atoms with Crippen molar-refractivity contribution >= 4 is 15.9 Å². The number of alkyl halides is 1. The van der Waals surface area contributed by atoms with Gasteiger partial charge in [-0.2, -0.15) is 0 Å². The SMILES string of the molecule is C=C(CBr)N=NN(C)N. The van der Waals surface area contributed by atoms with Crippen molar-refractivity contribution in [3.05, 3.63) is 12.3 Å². The zero-order valence-electron chi connectivity index (χ0n) is 5.21. The Bertz CT molecular complexity index is 120. The third kappa shape index (κ3) is 5.45. The number of hydrogen-bond acceptors (Lipinski definition) is 3. The predicted molar refractivity (Wildman–Crippen MR) is 39.7 cm³/mol. The molecule has 5 heteroatoms. The molecule has 0 aliphatic rings. The molecule has 0 spiro atoms. The van der Waals surface area contributed by atoms with Crippen LogP contribution in [0.1, 0.15) is 0 Å². The summed E-state index contributed by atoms with van der Waals surface area (Å²) in [5, 5.41) is 8.86. The van der Waals surface area contributed by atoms with Crippen molar-refractivity contribution in [1.82, 2.24) is 5.12 Å². The third-order valence-corrected chi connectivity index (χ3v) is 1.13. The second-order valence-electron chi connectivity index (χ2n) is 1.46. The minimum Gasteiger partial charge on any atom is -0.230 e. The first-order valence-corrected chi connectivity index (χ1v) is 3.42. The highest BCUT2D eigenvalue weighted by Crippen LogP contribution is 1.97. The molecule has 4 nitrogen and oxygen atoms in total. The van der Waals surface area contributed by atoms with E-state index >= 15 is 0 Å². The van der Waals surface area contributed by atoms with E-state index in [0.717, 1.165) is 5.12 Å². The highest BCUT2D eigenvalue weighted by molar-refractivity contribution is 9.09. The van der Waals surface area contributed by atoms with Crippen molar-refractivity contribution < 1.29 is 0 Å². The van der Waals surface area contributed by atoms with Gasteiger partial charge >= 0.3 is 0 Å². The van der Waals surface area contributed by atoms with Crippen LogP contribution in [0.2, 0.25) is 0 Å². The van der Waals surface area contributed by atoms with Crippen LogP contribution in [-0.4, -0.2) is 17.5 Å². The number of hydrazine groups is 1. The number of allylic oxidation sites excluding steroid dienone is 1. The Hall–Kier alpha value is -0.420. The Kier molecular flexibility index (Phi) is 4.25. The first-order chi connectivity index (χ1) is 4.16. The van der Waals surface area contributed by atoms with E-state index in [4.69, 9.17) is 5.84 Å². The maximum absolute atomic E-state index is 5.11. The summed E-state index contributed by atoms with van der Waals surface area (Å²) in [5.41, 5.74) is 0.646. The molecule has 0 aliphatic carbocycles. The van der Waals surface area contributed by atoms with Crippen LogP contribution in [-0.2, 0) is 0 Å². The predicted octanol–water partition coefficient (Wildman–Crippen LogP) is 1.07. The molecule has 0 unspecified atom stereocenters. The van der Waals surface area contributed by atoms with E-state index in [-0.39, 0.29) is 0 Å². The van der Waals surface area contributed by atoms with Crippen molar-refractivity contribution in [1.29, 1.82) is 0 Å². The Morgan fingerprint density at radius 2 is 2.44 bits per heavy atom. The van der Waals surface area contributed by atoms with E-state index in [1.165, 1.54) is 0 Å². The Morgan fingerprint density at radius 1 is 1.89 bits per heavy atom. The average molecular weight is 193 g/mol. The van der Waals surface area contributed by atoms with Crippen LogP contribution >= 0.6 is 15.9 Å². The van der Waals surface area contributed by atoms with Crippen molar-refractivity contribution in [2.45, 2.75) is 0 Å². The molecule has 0 saturated heterocycles. The van der Waals surface area contributed by atoms with Crippen LogP contribution in [0.25, 0.3) is 0 Å². The van der Waals surface area contributed by atoms with E-state index in [1.807, 2.05) is 0 Å². The molecule has 0 atom stereocenters. The smallest absolute Gasteiger partial charge is 0.0682 e. The highest BCUT2D eigenvalue weighted by Gasteiger charge is 1.84. The normalized spacial score (nSPS) is 10.1. The molecular formula is C4H9BrN4. The number of halogens is 1. The standard InChI is InChI=1S/C4H9BrN4/c1-4(3-5)7-8-9(2)6/h1,3,6H2,2H3. The van der Waals surface area contributed by atoms with Gasteiger partial charge in [0.25, 0.3) is 0 Å². The Labute approximate surface area is 62.5 Å². The molecule has 0 aromatic rings. The summed E-state index contributed by atoms with van der Waals surface area (Å²) in [6, 6.07) is 0. The number of nitrogens with zero attached hydrogens (tertiary/aromatic N) is 3. The minimum atomic E-state index is 0.615. The van der Waals surface area contributed by atoms with Gasteiger partial charge in [-0.1, -0.05) is 27.7 Å². The van der Waals surface area contributed by atoms with Crippen LogP contribution < -0.4 is 5.84 Å². The summed E-state index contributed by atoms with van der Waals surface area (Å²) in [4.78, 5) is 0. The lowest BCUT2D eigenvalue weighted by molar-refractivity contribution is 0.345.